The van der Waals surface area contributed by atoms with Gasteiger partial charge in [-0.1, -0.05) is 30.3 Å². The first kappa shape index (κ1) is 12.9. The second-order valence-electron chi connectivity index (χ2n) is 6.32. The summed E-state index contributed by atoms with van der Waals surface area (Å²) < 4.78 is 0. The zero-order valence-corrected chi connectivity index (χ0v) is 12.7. The topological polar surface area (TPSA) is 6.48 Å². The van der Waals surface area contributed by atoms with Gasteiger partial charge in [-0.2, -0.15) is 0 Å². The van der Waals surface area contributed by atoms with Gasteiger partial charge in [0.05, 0.1) is 0 Å². The van der Waals surface area contributed by atoms with E-state index in [9.17, 15) is 0 Å². The number of nitrogens with zero attached hydrogens (tertiary/aromatic N) is 2. The predicted molar refractivity (Wildman–Crippen MR) is 89.0 cm³/mol. The molecule has 1 heterocycles. The van der Waals surface area contributed by atoms with Crippen molar-refractivity contribution in [3.05, 3.63) is 53.6 Å². The molecular formula is C19H22N2. The van der Waals surface area contributed by atoms with Gasteiger partial charge in [0.1, 0.15) is 0 Å². The van der Waals surface area contributed by atoms with Crippen LogP contribution in [0.4, 0.5) is 5.69 Å². The van der Waals surface area contributed by atoms with Crippen molar-refractivity contribution in [1.82, 2.24) is 4.90 Å². The second-order valence-corrected chi connectivity index (χ2v) is 6.32. The average molecular weight is 278 g/mol. The van der Waals surface area contributed by atoms with Crippen LogP contribution in [-0.2, 0) is 6.42 Å². The van der Waals surface area contributed by atoms with E-state index in [-0.39, 0.29) is 0 Å². The van der Waals surface area contributed by atoms with Crippen molar-refractivity contribution >= 4 is 5.69 Å². The molecule has 0 radical (unpaired) electrons. The number of anilines is 1. The third-order valence-corrected chi connectivity index (χ3v) is 4.87. The number of hydrogen-bond acceptors (Lipinski definition) is 2. The van der Waals surface area contributed by atoms with Crippen molar-refractivity contribution in [2.45, 2.75) is 12.8 Å². The molecule has 0 N–H and O–H groups in total. The molecule has 2 aliphatic rings. The molecule has 0 saturated carbocycles. The van der Waals surface area contributed by atoms with Crippen LogP contribution >= 0.6 is 0 Å². The zero-order valence-electron chi connectivity index (χ0n) is 12.7. The monoisotopic (exact) mass is 278 g/mol. The standard InChI is InChI=1S/C19H22N2/c1-20-9-4-10-21(12-11-20)17-8-7-16-13-15-5-2-3-6-18(15)19(16)14-17/h2-3,5-8,14H,4,9-13H2,1H3. The molecule has 4 rings (SSSR count). The van der Waals surface area contributed by atoms with E-state index in [1.165, 1.54) is 47.5 Å². The highest BCUT2D eigenvalue weighted by atomic mass is 15.2. The fraction of sp³-hybridized carbons (Fsp3) is 0.368. The van der Waals surface area contributed by atoms with E-state index in [0.29, 0.717) is 0 Å². The Bertz CT molecular complexity index is 662. The van der Waals surface area contributed by atoms with Gasteiger partial charge in [-0.3, -0.25) is 0 Å². The first-order valence-corrected chi connectivity index (χ1v) is 7.96. The van der Waals surface area contributed by atoms with Crippen LogP contribution in [0.15, 0.2) is 42.5 Å². The lowest BCUT2D eigenvalue weighted by Gasteiger charge is -2.23. The molecule has 1 aliphatic heterocycles. The van der Waals surface area contributed by atoms with Crippen LogP contribution in [0.1, 0.15) is 17.5 Å². The molecule has 2 aromatic rings. The fourth-order valence-electron chi connectivity index (χ4n) is 3.61. The number of likely N-dealkylation sites (N-methyl/N-ethyl adjacent to an activating group) is 1. The summed E-state index contributed by atoms with van der Waals surface area (Å²) in [7, 11) is 2.22. The maximum absolute atomic E-state index is 2.55. The van der Waals surface area contributed by atoms with Crippen LogP contribution in [0.2, 0.25) is 0 Å². The van der Waals surface area contributed by atoms with E-state index in [4.69, 9.17) is 0 Å². The molecule has 0 atom stereocenters. The van der Waals surface area contributed by atoms with E-state index in [1.807, 2.05) is 0 Å². The quantitative estimate of drug-likeness (QED) is 0.673. The fourth-order valence-corrected chi connectivity index (χ4v) is 3.61. The third-order valence-electron chi connectivity index (χ3n) is 4.87. The maximum Gasteiger partial charge on any atom is 0.0373 e. The van der Waals surface area contributed by atoms with Crippen LogP contribution in [0.25, 0.3) is 11.1 Å². The number of benzene rings is 2. The SMILES string of the molecule is CN1CCCN(c2ccc3c(c2)-c2ccccc2C3)CC1. The lowest BCUT2D eigenvalue weighted by molar-refractivity contribution is 0.360. The molecule has 0 amide bonds. The third kappa shape index (κ3) is 2.34. The Morgan fingerprint density at radius 3 is 2.62 bits per heavy atom. The number of fused-ring (bicyclic) bond motifs is 3. The highest BCUT2D eigenvalue weighted by molar-refractivity contribution is 5.79. The van der Waals surface area contributed by atoms with E-state index in [1.54, 1.807) is 0 Å². The van der Waals surface area contributed by atoms with Crippen LogP contribution < -0.4 is 4.90 Å². The number of hydrogen-bond donors (Lipinski definition) is 0. The molecular weight excluding hydrogens is 256 g/mol. The first-order valence-electron chi connectivity index (χ1n) is 7.96. The predicted octanol–water partition coefficient (Wildman–Crippen LogP) is 3.40. The van der Waals surface area contributed by atoms with Gasteiger partial charge in [-0.25, -0.2) is 0 Å². The largest absolute Gasteiger partial charge is 0.370 e. The summed E-state index contributed by atoms with van der Waals surface area (Å²) in [6, 6.07) is 15.9. The smallest absolute Gasteiger partial charge is 0.0373 e. The van der Waals surface area contributed by atoms with Gasteiger partial charge in [0.15, 0.2) is 0 Å². The Kier molecular flexibility index (Phi) is 3.19. The normalized spacial score (nSPS) is 18.2. The summed E-state index contributed by atoms with van der Waals surface area (Å²) in [5.41, 5.74) is 7.22. The highest BCUT2D eigenvalue weighted by Crippen LogP contribution is 2.38. The Labute approximate surface area is 127 Å². The van der Waals surface area contributed by atoms with E-state index in [2.05, 4.69) is 59.3 Å². The van der Waals surface area contributed by atoms with Gasteiger partial charge < -0.3 is 9.80 Å². The lowest BCUT2D eigenvalue weighted by Crippen LogP contribution is -2.28. The van der Waals surface area contributed by atoms with Crippen molar-refractivity contribution in [3.63, 3.8) is 0 Å². The zero-order chi connectivity index (χ0) is 14.2. The van der Waals surface area contributed by atoms with Crippen LogP contribution in [-0.4, -0.2) is 38.1 Å². The Hall–Kier alpha value is -1.80. The Balaban J connectivity index is 1.68. The highest BCUT2D eigenvalue weighted by Gasteiger charge is 2.20. The van der Waals surface area contributed by atoms with Gasteiger partial charge >= 0.3 is 0 Å². The molecule has 0 spiro atoms. The van der Waals surface area contributed by atoms with Crippen molar-refractivity contribution in [1.29, 1.82) is 0 Å². The van der Waals surface area contributed by atoms with Gasteiger partial charge in [0.25, 0.3) is 0 Å². The van der Waals surface area contributed by atoms with E-state index >= 15 is 0 Å². The minimum absolute atomic E-state index is 1.09. The summed E-state index contributed by atoms with van der Waals surface area (Å²) in [5, 5.41) is 0. The molecule has 108 valence electrons. The molecule has 1 fully saturated rings. The van der Waals surface area contributed by atoms with Crippen molar-refractivity contribution in [2.24, 2.45) is 0 Å². The number of rotatable bonds is 1. The molecule has 0 bridgehead atoms. The van der Waals surface area contributed by atoms with Gasteiger partial charge in [-0.05, 0) is 60.8 Å². The second kappa shape index (κ2) is 5.19. The van der Waals surface area contributed by atoms with Crippen molar-refractivity contribution < 1.29 is 0 Å². The van der Waals surface area contributed by atoms with Crippen LogP contribution in [0, 0.1) is 0 Å². The Morgan fingerprint density at radius 2 is 1.67 bits per heavy atom. The summed E-state index contributed by atoms with van der Waals surface area (Å²) in [6.07, 6.45) is 2.35. The summed E-state index contributed by atoms with van der Waals surface area (Å²) in [5.74, 6) is 0. The van der Waals surface area contributed by atoms with Crippen molar-refractivity contribution in [3.8, 4) is 11.1 Å². The van der Waals surface area contributed by atoms with Gasteiger partial charge in [-0.15, -0.1) is 0 Å². The minimum Gasteiger partial charge on any atom is -0.370 e. The molecule has 21 heavy (non-hydrogen) atoms. The maximum atomic E-state index is 2.55. The molecule has 0 unspecified atom stereocenters. The molecule has 2 aromatic carbocycles. The molecule has 1 saturated heterocycles. The minimum atomic E-state index is 1.09. The summed E-state index contributed by atoms with van der Waals surface area (Å²) in [6.45, 7) is 4.68. The summed E-state index contributed by atoms with van der Waals surface area (Å²) in [4.78, 5) is 4.98. The van der Waals surface area contributed by atoms with Crippen molar-refractivity contribution in [2.75, 3.05) is 38.1 Å². The summed E-state index contributed by atoms with van der Waals surface area (Å²) >= 11 is 0. The molecule has 1 aliphatic carbocycles. The van der Waals surface area contributed by atoms with Gasteiger partial charge in [0, 0.05) is 25.3 Å². The lowest BCUT2D eigenvalue weighted by atomic mass is 10.0. The van der Waals surface area contributed by atoms with E-state index in [0.717, 1.165) is 19.5 Å². The van der Waals surface area contributed by atoms with Crippen LogP contribution in [0.5, 0.6) is 0 Å². The average Bonchev–Trinajstić information content (AvgIpc) is 2.74. The van der Waals surface area contributed by atoms with Crippen LogP contribution in [0.3, 0.4) is 0 Å². The molecule has 2 heteroatoms. The molecule has 2 nitrogen and oxygen atoms in total. The first-order chi connectivity index (χ1) is 10.3. The molecule has 0 aromatic heterocycles. The Morgan fingerprint density at radius 1 is 0.810 bits per heavy atom. The van der Waals surface area contributed by atoms with Gasteiger partial charge in [0.2, 0.25) is 0 Å². The van der Waals surface area contributed by atoms with E-state index < -0.39 is 0 Å².